The number of amides is 3. The fourth-order valence-electron chi connectivity index (χ4n) is 4.09. The molecule has 1 N–H and O–H groups in total. The summed E-state index contributed by atoms with van der Waals surface area (Å²) in [6, 6.07) is 11.4. The molecule has 0 unspecified atom stereocenters. The number of piperidine rings is 1. The largest absolute Gasteiger partial charge is 0.322 e. The number of sulfonamides is 1. The lowest BCUT2D eigenvalue weighted by Gasteiger charge is -2.26. The molecule has 0 radical (unpaired) electrons. The number of rotatable bonds is 6. The number of nitrogens with one attached hydrogen (secondary N) is 1. The van der Waals surface area contributed by atoms with E-state index in [1.54, 1.807) is 43.3 Å². The Kier molecular flexibility index (Phi) is 6.62. The van der Waals surface area contributed by atoms with Crippen LogP contribution in [0.15, 0.2) is 47.4 Å². The van der Waals surface area contributed by atoms with Crippen LogP contribution in [0.5, 0.6) is 0 Å². The minimum Gasteiger partial charge on any atom is -0.322 e. The highest BCUT2D eigenvalue weighted by Crippen LogP contribution is 2.26. The van der Waals surface area contributed by atoms with Gasteiger partial charge >= 0.3 is 0 Å². The molecule has 3 amide bonds. The molecule has 8 nitrogen and oxygen atoms in total. The fraction of sp³-hybridized carbons (Fsp3) is 0.375. The zero-order chi connectivity index (χ0) is 23.6. The Labute approximate surface area is 193 Å². The average molecular weight is 470 g/mol. The second kappa shape index (κ2) is 9.44. The van der Waals surface area contributed by atoms with Crippen molar-refractivity contribution < 1.29 is 22.8 Å². The van der Waals surface area contributed by atoms with Gasteiger partial charge in [0.2, 0.25) is 21.8 Å². The molecule has 4 rings (SSSR count). The molecule has 33 heavy (non-hydrogen) atoms. The Hall–Kier alpha value is -3.04. The molecule has 0 saturated carbocycles. The highest BCUT2D eigenvalue weighted by molar-refractivity contribution is 7.89. The van der Waals surface area contributed by atoms with Crippen LogP contribution in [0.2, 0.25) is 0 Å². The summed E-state index contributed by atoms with van der Waals surface area (Å²) in [6.07, 6.45) is 3.22. The Morgan fingerprint density at radius 2 is 1.58 bits per heavy atom. The van der Waals surface area contributed by atoms with E-state index in [0.717, 1.165) is 30.4 Å². The van der Waals surface area contributed by atoms with Gasteiger partial charge in [0.15, 0.2) is 0 Å². The molecule has 2 heterocycles. The van der Waals surface area contributed by atoms with Crippen LogP contribution < -0.4 is 5.32 Å². The van der Waals surface area contributed by atoms with Crippen molar-refractivity contribution in [3.63, 3.8) is 0 Å². The van der Waals surface area contributed by atoms with Gasteiger partial charge in [-0.1, -0.05) is 24.6 Å². The molecule has 2 aliphatic rings. The normalized spacial score (nSPS) is 17.4. The van der Waals surface area contributed by atoms with Crippen LogP contribution in [0, 0.1) is 6.92 Å². The maximum absolute atomic E-state index is 13.0. The van der Waals surface area contributed by atoms with Crippen molar-refractivity contribution in [2.24, 2.45) is 0 Å². The van der Waals surface area contributed by atoms with E-state index in [4.69, 9.17) is 0 Å². The lowest BCUT2D eigenvalue weighted by Crippen LogP contribution is -2.35. The number of likely N-dealkylation sites (tertiary alicyclic amines) is 1. The van der Waals surface area contributed by atoms with Crippen LogP contribution in [0.3, 0.4) is 0 Å². The number of anilines is 1. The molecule has 0 aliphatic carbocycles. The van der Waals surface area contributed by atoms with Gasteiger partial charge in [-0.2, -0.15) is 4.31 Å². The van der Waals surface area contributed by atoms with E-state index in [1.807, 2.05) is 0 Å². The lowest BCUT2D eigenvalue weighted by atomic mass is 10.1. The minimum absolute atomic E-state index is 0.167. The van der Waals surface area contributed by atoms with Gasteiger partial charge in [-0.05, 0) is 55.2 Å². The first-order chi connectivity index (χ1) is 15.8. The Morgan fingerprint density at radius 1 is 0.939 bits per heavy atom. The third-order valence-electron chi connectivity index (χ3n) is 6.12. The van der Waals surface area contributed by atoms with Gasteiger partial charge in [-0.3, -0.25) is 19.3 Å². The van der Waals surface area contributed by atoms with Crippen molar-refractivity contribution in [1.82, 2.24) is 9.21 Å². The molecule has 0 atom stereocenters. The number of imide groups is 1. The van der Waals surface area contributed by atoms with Crippen LogP contribution in [0.1, 0.15) is 53.6 Å². The molecule has 2 aliphatic heterocycles. The summed E-state index contributed by atoms with van der Waals surface area (Å²) in [5.74, 6) is -0.737. The highest BCUT2D eigenvalue weighted by Gasteiger charge is 2.29. The standard InChI is InChI=1S/C24H27N3O5S/c1-17-5-10-20(33(31,32)26-13-3-2-4-14-26)15-21(17)25-24(30)19-8-6-18(7-9-19)16-27-22(28)11-12-23(27)29/h5-10,15H,2-4,11-14,16H2,1H3,(H,25,30). The minimum atomic E-state index is -3.61. The quantitative estimate of drug-likeness (QED) is 0.655. The van der Waals surface area contributed by atoms with Gasteiger partial charge < -0.3 is 5.32 Å². The van der Waals surface area contributed by atoms with Crippen molar-refractivity contribution in [2.75, 3.05) is 18.4 Å². The molecule has 0 bridgehead atoms. The lowest BCUT2D eigenvalue weighted by molar-refractivity contribution is -0.139. The SMILES string of the molecule is Cc1ccc(S(=O)(=O)N2CCCCC2)cc1NC(=O)c1ccc(CN2C(=O)CCC2=O)cc1. The smallest absolute Gasteiger partial charge is 0.255 e. The number of nitrogens with zero attached hydrogens (tertiary/aromatic N) is 2. The van der Waals surface area contributed by atoms with Gasteiger partial charge in [-0.25, -0.2) is 8.42 Å². The molecule has 2 saturated heterocycles. The predicted octanol–water partition coefficient (Wildman–Crippen LogP) is 3.07. The monoisotopic (exact) mass is 469 g/mol. The van der Waals surface area contributed by atoms with E-state index in [0.29, 0.717) is 24.3 Å². The topological polar surface area (TPSA) is 104 Å². The molecule has 0 aromatic heterocycles. The summed E-state index contributed by atoms with van der Waals surface area (Å²) in [4.78, 5) is 37.8. The first-order valence-electron chi connectivity index (χ1n) is 11.1. The highest BCUT2D eigenvalue weighted by atomic mass is 32.2. The zero-order valence-electron chi connectivity index (χ0n) is 18.5. The summed E-state index contributed by atoms with van der Waals surface area (Å²) in [7, 11) is -3.61. The molecular formula is C24H27N3O5S. The number of carbonyl (C=O) groups excluding carboxylic acids is 3. The van der Waals surface area contributed by atoms with Gasteiger partial charge in [-0.15, -0.1) is 0 Å². The summed E-state index contributed by atoms with van der Waals surface area (Å²) in [5.41, 5.74) is 2.33. The molecule has 2 aromatic carbocycles. The van der Waals surface area contributed by atoms with Crippen LogP contribution in [-0.2, 0) is 26.2 Å². The second-order valence-electron chi connectivity index (χ2n) is 8.47. The van der Waals surface area contributed by atoms with E-state index < -0.39 is 10.0 Å². The third kappa shape index (κ3) is 4.99. The number of benzene rings is 2. The average Bonchev–Trinajstić information content (AvgIpc) is 3.13. The summed E-state index contributed by atoms with van der Waals surface area (Å²) < 4.78 is 27.5. The molecule has 0 spiro atoms. The van der Waals surface area contributed by atoms with Crippen LogP contribution in [-0.4, -0.2) is 48.4 Å². The van der Waals surface area contributed by atoms with Crippen LogP contribution in [0.25, 0.3) is 0 Å². The molecule has 2 aromatic rings. The third-order valence-corrected chi connectivity index (χ3v) is 8.02. The number of hydrogen-bond donors (Lipinski definition) is 1. The van der Waals surface area contributed by atoms with Crippen molar-refractivity contribution in [2.45, 2.75) is 50.5 Å². The van der Waals surface area contributed by atoms with E-state index >= 15 is 0 Å². The Bertz CT molecular complexity index is 1170. The summed E-state index contributed by atoms with van der Waals surface area (Å²) in [5, 5.41) is 2.81. The number of carbonyl (C=O) groups is 3. The van der Waals surface area contributed by atoms with Gasteiger partial charge in [0.1, 0.15) is 0 Å². The summed E-state index contributed by atoms with van der Waals surface area (Å²) >= 11 is 0. The molecule has 9 heteroatoms. The summed E-state index contributed by atoms with van der Waals surface area (Å²) in [6.45, 7) is 3.02. The molecule has 2 fully saturated rings. The van der Waals surface area contributed by atoms with Crippen LogP contribution >= 0.6 is 0 Å². The van der Waals surface area contributed by atoms with Crippen molar-refractivity contribution >= 4 is 33.4 Å². The van der Waals surface area contributed by atoms with Crippen molar-refractivity contribution in [1.29, 1.82) is 0 Å². The van der Waals surface area contributed by atoms with Gasteiger partial charge in [0.25, 0.3) is 5.91 Å². The van der Waals surface area contributed by atoms with E-state index in [2.05, 4.69) is 5.32 Å². The second-order valence-corrected chi connectivity index (χ2v) is 10.4. The zero-order valence-corrected chi connectivity index (χ0v) is 19.4. The number of aryl methyl sites for hydroxylation is 1. The maximum atomic E-state index is 13.0. The fourth-order valence-corrected chi connectivity index (χ4v) is 5.63. The maximum Gasteiger partial charge on any atom is 0.255 e. The molecule has 174 valence electrons. The molecular weight excluding hydrogens is 442 g/mol. The first kappa shape index (κ1) is 23.1. The number of hydrogen-bond acceptors (Lipinski definition) is 5. The van der Waals surface area contributed by atoms with Gasteiger partial charge in [0.05, 0.1) is 11.4 Å². The van der Waals surface area contributed by atoms with E-state index in [-0.39, 0.29) is 42.0 Å². The van der Waals surface area contributed by atoms with Crippen LogP contribution in [0.4, 0.5) is 5.69 Å². The van der Waals surface area contributed by atoms with Gasteiger partial charge in [0, 0.05) is 37.2 Å². The van der Waals surface area contributed by atoms with E-state index in [9.17, 15) is 22.8 Å². The van der Waals surface area contributed by atoms with Crippen molar-refractivity contribution in [3.8, 4) is 0 Å². The first-order valence-corrected chi connectivity index (χ1v) is 12.5. The van der Waals surface area contributed by atoms with Crippen molar-refractivity contribution in [3.05, 3.63) is 59.2 Å². The van der Waals surface area contributed by atoms with E-state index in [1.165, 1.54) is 15.3 Å². The Balaban J connectivity index is 1.47. The Morgan fingerprint density at radius 3 is 2.21 bits per heavy atom. The predicted molar refractivity (Wildman–Crippen MR) is 123 cm³/mol.